The van der Waals surface area contributed by atoms with E-state index in [1.54, 1.807) is 6.07 Å². The summed E-state index contributed by atoms with van der Waals surface area (Å²) in [6, 6.07) is 11.6. The van der Waals surface area contributed by atoms with Crippen LogP contribution in [0.15, 0.2) is 71.2 Å². The van der Waals surface area contributed by atoms with Crippen LogP contribution in [0.2, 0.25) is 0 Å². The molecule has 8 nitrogen and oxygen atoms in total. The average molecular weight is 465 g/mol. The second-order valence-corrected chi connectivity index (χ2v) is 9.16. The number of allylic oxidation sites excluding steroid dienone is 2. The summed E-state index contributed by atoms with van der Waals surface area (Å²) in [5.74, 6) is -2.50. The van der Waals surface area contributed by atoms with E-state index in [9.17, 15) is 24.1 Å². The summed E-state index contributed by atoms with van der Waals surface area (Å²) in [7, 11) is 1.19. The number of carbonyl (C=O) groups is 2. The Kier molecular flexibility index (Phi) is 5.72. The lowest BCUT2D eigenvalue weighted by molar-refractivity contribution is -0.384. The molecule has 0 bridgehead atoms. The largest absolute Gasteiger partial charge is 0.466 e. The Labute approximate surface area is 195 Å². The summed E-state index contributed by atoms with van der Waals surface area (Å²) < 4.78 is 19.9. The van der Waals surface area contributed by atoms with Gasteiger partial charge in [0, 0.05) is 29.8 Å². The van der Waals surface area contributed by atoms with Gasteiger partial charge < -0.3 is 10.5 Å². The number of methoxy groups -OCH3 is 1. The fourth-order valence-electron chi connectivity index (χ4n) is 4.75. The van der Waals surface area contributed by atoms with Crippen molar-refractivity contribution in [2.75, 3.05) is 12.0 Å². The summed E-state index contributed by atoms with van der Waals surface area (Å²) in [5.41, 5.74) is 7.35. The van der Waals surface area contributed by atoms with Crippen LogP contribution in [0.4, 0.5) is 15.8 Å². The molecular weight excluding hydrogens is 441 g/mol. The molecule has 1 aliphatic carbocycles. The van der Waals surface area contributed by atoms with Crippen LogP contribution < -0.4 is 10.6 Å². The summed E-state index contributed by atoms with van der Waals surface area (Å²) in [4.78, 5) is 38.5. The third-order valence-electron chi connectivity index (χ3n) is 6.20. The van der Waals surface area contributed by atoms with Crippen LogP contribution in [0.5, 0.6) is 0 Å². The van der Waals surface area contributed by atoms with Crippen molar-refractivity contribution >= 4 is 23.1 Å². The highest BCUT2D eigenvalue weighted by atomic mass is 19.1. The number of benzene rings is 2. The molecule has 4 rings (SSSR count). The van der Waals surface area contributed by atoms with E-state index >= 15 is 0 Å². The van der Waals surface area contributed by atoms with E-state index in [-0.39, 0.29) is 35.0 Å². The van der Waals surface area contributed by atoms with Gasteiger partial charge in [-0.05, 0) is 29.5 Å². The number of non-ortho nitro benzene ring substituents is 1. The molecule has 2 aromatic rings. The number of nitro groups is 1. The number of anilines is 1. The number of Topliss-reactive ketones (excluding diaryl/α,β-unsaturated/α-hetero) is 1. The molecule has 2 aromatic carbocycles. The Bertz CT molecular complexity index is 1260. The first kappa shape index (κ1) is 23.2. The summed E-state index contributed by atoms with van der Waals surface area (Å²) in [6.07, 6.45) is 0.621. The fourth-order valence-corrected chi connectivity index (χ4v) is 4.75. The van der Waals surface area contributed by atoms with E-state index in [0.29, 0.717) is 23.3 Å². The first-order valence-electron chi connectivity index (χ1n) is 10.7. The van der Waals surface area contributed by atoms with E-state index in [0.717, 1.165) is 0 Å². The molecule has 2 N–H and O–H groups in total. The van der Waals surface area contributed by atoms with Gasteiger partial charge in [0.1, 0.15) is 11.6 Å². The molecule has 0 fully saturated rings. The highest BCUT2D eigenvalue weighted by Gasteiger charge is 2.46. The number of nitro benzene ring substituents is 1. The number of carbonyl (C=O) groups excluding carboxylic acids is 2. The monoisotopic (exact) mass is 465 g/mol. The van der Waals surface area contributed by atoms with Crippen molar-refractivity contribution in [3.05, 3.63) is 92.7 Å². The number of nitrogens with zero attached hydrogens (tertiary/aromatic N) is 2. The molecule has 0 amide bonds. The van der Waals surface area contributed by atoms with Crippen LogP contribution in [-0.4, -0.2) is 23.8 Å². The summed E-state index contributed by atoms with van der Waals surface area (Å²) in [5, 5.41) is 11.1. The molecule has 0 aromatic heterocycles. The first-order chi connectivity index (χ1) is 16.1. The van der Waals surface area contributed by atoms with Crippen LogP contribution in [0, 0.1) is 21.3 Å². The fraction of sp³-hybridized carbons (Fsp3) is 0.280. The topological polar surface area (TPSA) is 116 Å². The smallest absolute Gasteiger partial charge is 0.338 e. The standard InChI is InChI=1S/C25H24FN3O5/c1-25(2)12-18-21(19(30)13-25)20(14-8-10-15(11-9-14)29(32)33)22(24(31)34-3)23(27)28(18)17-7-5-4-6-16(17)26/h4-11,20H,12-13,27H2,1-3H3/t20-/m1/s1. The minimum atomic E-state index is -0.908. The van der Waals surface area contributed by atoms with Gasteiger partial charge >= 0.3 is 5.97 Å². The molecule has 0 spiro atoms. The molecule has 0 saturated heterocycles. The van der Waals surface area contributed by atoms with Crippen molar-refractivity contribution in [3.8, 4) is 0 Å². The number of ether oxygens (including phenoxy) is 1. The second-order valence-electron chi connectivity index (χ2n) is 9.16. The van der Waals surface area contributed by atoms with E-state index in [4.69, 9.17) is 10.5 Å². The molecule has 0 radical (unpaired) electrons. The van der Waals surface area contributed by atoms with Gasteiger partial charge in [-0.1, -0.05) is 38.1 Å². The van der Waals surface area contributed by atoms with E-state index in [1.807, 2.05) is 13.8 Å². The normalized spacial score (nSPS) is 19.7. The Hall–Kier alpha value is -4.01. The number of halogens is 1. The zero-order valence-corrected chi connectivity index (χ0v) is 19.0. The maximum absolute atomic E-state index is 14.9. The Balaban J connectivity index is 2.03. The van der Waals surface area contributed by atoms with Gasteiger partial charge in [0.15, 0.2) is 5.78 Å². The van der Waals surface area contributed by atoms with Gasteiger partial charge in [-0.25, -0.2) is 9.18 Å². The number of para-hydroxylation sites is 1. The number of hydrogen-bond acceptors (Lipinski definition) is 7. The maximum Gasteiger partial charge on any atom is 0.338 e. The molecule has 1 aliphatic heterocycles. The van der Waals surface area contributed by atoms with Crippen molar-refractivity contribution in [1.82, 2.24) is 0 Å². The number of rotatable bonds is 4. The van der Waals surface area contributed by atoms with Gasteiger partial charge in [0.2, 0.25) is 0 Å². The van der Waals surface area contributed by atoms with Crippen molar-refractivity contribution in [1.29, 1.82) is 0 Å². The van der Waals surface area contributed by atoms with Gasteiger partial charge in [-0.2, -0.15) is 0 Å². The van der Waals surface area contributed by atoms with E-state index in [2.05, 4.69) is 0 Å². The van der Waals surface area contributed by atoms with Crippen molar-refractivity contribution in [2.24, 2.45) is 11.1 Å². The molecular formula is C25H24FN3O5. The SMILES string of the molecule is COC(=O)C1=C(N)N(c2ccccc2F)C2=C(C(=O)CC(C)(C)C2)[C@H]1c1ccc([N+](=O)[O-])cc1. The zero-order chi connectivity index (χ0) is 24.8. The van der Waals surface area contributed by atoms with E-state index < -0.39 is 28.0 Å². The molecule has 9 heteroatoms. The number of nitrogens with two attached hydrogens (primary N) is 1. The van der Waals surface area contributed by atoms with Crippen LogP contribution >= 0.6 is 0 Å². The predicted molar refractivity (Wildman–Crippen MR) is 123 cm³/mol. The Morgan fingerprint density at radius 3 is 2.41 bits per heavy atom. The minimum absolute atomic E-state index is 0.0218. The lowest BCUT2D eigenvalue weighted by Gasteiger charge is -2.44. The highest BCUT2D eigenvalue weighted by Crippen LogP contribution is 2.50. The molecule has 1 heterocycles. The lowest BCUT2D eigenvalue weighted by atomic mass is 9.68. The molecule has 2 aliphatic rings. The Morgan fingerprint density at radius 2 is 1.82 bits per heavy atom. The third kappa shape index (κ3) is 3.83. The molecule has 1 atom stereocenters. The van der Waals surface area contributed by atoms with Crippen molar-refractivity contribution in [2.45, 2.75) is 32.6 Å². The molecule has 34 heavy (non-hydrogen) atoms. The first-order valence-corrected chi connectivity index (χ1v) is 10.7. The third-order valence-corrected chi connectivity index (χ3v) is 6.20. The molecule has 0 unspecified atom stereocenters. The lowest BCUT2D eigenvalue weighted by Crippen LogP contribution is -2.44. The number of hydrogen-bond donors (Lipinski definition) is 1. The van der Waals surface area contributed by atoms with Gasteiger partial charge in [-0.3, -0.25) is 19.8 Å². The predicted octanol–water partition coefficient (Wildman–Crippen LogP) is 4.32. The van der Waals surface area contributed by atoms with E-state index in [1.165, 1.54) is 54.5 Å². The number of esters is 1. The van der Waals surface area contributed by atoms with Crippen molar-refractivity contribution in [3.63, 3.8) is 0 Å². The summed E-state index contributed by atoms with van der Waals surface area (Å²) in [6.45, 7) is 3.87. The maximum atomic E-state index is 14.9. The van der Waals surface area contributed by atoms with Gasteiger partial charge in [0.25, 0.3) is 5.69 Å². The van der Waals surface area contributed by atoms with Gasteiger partial charge in [0.05, 0.1) is 29.2 Å². The minimum Gasteiger partial charge on any atom is -0.466 e. The quantitative estimate of drug-likeness (QED) is 0.406. The zero-order valence-electron chi connectivity index (χ0n) is 19.0. The van der Waals surface area contributed by atoms with Crippen LogP contribution in [0.3, 0.4) is 0 Å². The highest BCUT2D eigenvalue weighted by molar-refractivity contribution is 6.05. The second kappa shape index (κ2) is 8.40. The summed E-state index contributed by atoms with van der Waals surface area (Å²) >= 11 is 0. The number of ketones is 1. The van der Waals surface area contributed by atoms with Gasteiger partial charge in [-0.15, -0.1) is 0 Å². The van der Waals surface area contributed by atoms with Crippen LogP contribution in [0.25, 0.3) is 0 Å². The van der Waals surface area contributed by atoms with Crippen LogP contribution in [0.1, 0.15) is 38.2 Å². The average Bonchev–Trinajstić information content (AvgIpc) is 2.78. The molecule has 176 valence electrons. The van der Waals surface area contributed by atoms with Crippen molar-refractivity contribution < 1.29 is 23.6 Å². The van der Waals surface area contributed by atoms with Crippen LogP contribution in [-0.2, 0) is 14.3 Å². The molecule has 0 saturated carbocycles. The Morgan fingerprint density at radius 1 is 1.18 bits per heavy atom.